The molecule has 0 heterocycles. The van der Waals surface area contributed by atoms with Gasteiger partial charge in [0.15, 0.2) is 0 Å². The number of rotatable bonds is 6. The lowest BCUT2D eigenvalue weighted by molar-refractivity contribution is 0.216. The molecule has 0 N–H and O–H groups in total. The summed E-state index contributed by atoms with van der Waals surface area (Å²) in [6.45, 7) is 0. The van der Waals surface area contributed by atoms with Crippen LogP contribution >= 0.6 is 43.5 Å². The van der Waals surface area contributed by atoms with E-state index in [4.69, 9.17) is 16.3 Å². The molecule has 0 saturated carbocycles. The Morgan fingerprint density at radius 2 is 2.13 bits per heavy atom. The van der Waals surface area contributed by atoms with Gasteiger partial charge in [-0.2, -0.15) is 0 Å². The maximum atomic E-state index is 5.88. The van der Waals surface area contributed by atoms with E-state index < -0.39 is 0 Å². The third kappa shape index (κ3) is 5.23. The summed E-state index contributed by atoms with van der Waals surface area (Å²) in [6.07, 6.45) is 2.35. The molecule has 84 valence electrons. The van der Waals surface area contributed by atoms with Crippen LogP contribution in [-0.4, -0.2) is 16.8 Å². The number of benzene rings is 1. The van der Waals surface area contributed by atoms with Crippen molar-refractivity contribution in [3.8, 4) is 5.75 Å². The Morgan fingerprint density at radius 3 is 2.73 bits per heavy atom. The van der Waals surface area contributed by atoms with Crippen molar-refractivity contribution >= 4 is 43.5 Å². The van der Waals surface area contributed by atoms with Crippen LogP contribution in [0.5, 0.6) is 5.75 Å². The fourth-order valence-corrected chi connectivity index (χ4v) is 2.17. The predicted molar refractivity (Wildman–Crippen MR) is 72.7 cm³/mol. The summed E-state index contributed by atoms with van der Waals surface area (Å²) in [6, 6.07) is 7.50. The molecule has 1 nitrogen and oxygen atoms in total. The second kappa shape index (κ2) is 7.53. The zero-order chi connectivity index (χ0) is 11.1. The van der Waals surface area contributed by atoms with Crippen molar-refractivity contribution in [1.29, 1.82) is 0 Å². The average Bonchev–Trinajstić information content (AvgIpc) is 2.24. The van der Waals surface area contributed by atoms with Gasteiger partial charge in [0, 0.05) is 15.7 Å². The number of hydrogen-bond acceptors (Lipinski definition) is 1. The lowest BCUT2D eigenvalue weighted by Gasteiger charge is -2.16. The molecule has 0 aromatic heterocycles. The normalized spacial score (nSPS) is 12.5. The van der Waals surface area contributed by atoms with E-state index in [-0.39, 0.29) is 6.10 Å². The van der Waals surface area contributed by atoms with Crippen molar-refractivity contribution < 1.29 is 4.74 Å². The summed E-state index contributed by atoms with van der Waals surface area (Å²) in [5, 5.41) is 2.56. The SMILES string of the molecule is Clc1cccc(O[C@@H](CBr)CCCBr)c1. The van der Waals surface area contributed by atoms with Gasteiger partial charge in [-0.05, 0) is 31.0 Å². The first-order valence-electron chi connectivity index (χ1n) is 4.80. The minimum Gasteiger partial charge on any atom is -0.490 e. The van der Waals surface area contributed by atoms with E-state index in [0.717, 1.165) is 29.3 Å². The molecule has 1 rings (SSSR count). The first kappa shape index (κ1) is 13.3. The van der Waals surface area contributed by atoms with Gasteiger partial charge in [-0.25, -0.2) is 0 Å². The Balaban J connectivity index is 2.50. The van der Waals surface area contributed by atoms with Crippen molar-refractivity contribution in [1.82, 2.24) is 0 Å². The van der Waals surface area contributed by atoms with Crippen molar-refractivity contribution in [2.45, 2.75) is 18.9 Å². The average molecular weight is 356 g/mol. The molecule has 0 bridgehead atoms. The lowest BCUT2D eigenvalue weighted by Crippen LogP contribution is -2.18. The monoisotopic (exact) mass is 354 g/mol. The van der Waals surface area contributed by atoms with Crippen LogP contribution in [-0.2, 0) is 0 Å². The van der Waals surface area contributed by atoms with Gasteiger partial charge < -0.3 is 4.74 Å². The Morgan fingerprint density at radius 1 is 1.33 bits per heavy atom. The van der Waals surface area contributed by atoms with Crippen LogP contribution in [0.1, 0.15) is 12.8 Å². The van der Waals surface area contributed by atoms with E-state index in [0.29, 0.717) is 5.02 Å². The van der Waals surface area contributed by atoms with E-state index in [1.807, 2.05) is 24.3 Å². The van der Waals surface area contributed by atoms with E-state index in [9.17, 15) is 0 Å². The van der Waals surface area contributed by atoms with Crippen LogP contribution < -0.4 is 4.74 Å². The summed E-state index contributed by atoms with van der Waals surface area (Å²) < 4.78 is 5.79. The number of ether oxygens (including phenoxy) is 1. The third-order valence-corrected chi connectivity index (χ3v) is 3.45. The summed E-state index contributed by atoms with van der Waals surface area (Å²) in [5.41, 5.74) is 0. The molecule has 0 saturated heterocycles. The molecule has 15 heavy (non-hydrogen) atoms. The molecular formula is C11H13Br2ClO. The molecule has 1 aromatic carbocycles. The Kier molecular flexibility index (Phi) is 6.69. The molecule has 0 radical (unpaired) electrons. The number of halogens is 3. The topological polar surface area (TPSA) is 9.23 Å². The highest BCUT2D eigenvalue weighted by Gasteiger charge is 2.08. The van der Waals surface area contributed by atoms with E-state index >= 15 is 0 Å². The van der Waals surface area contributed by atoms with Crippen LogP contribution in [0.2, 0.25) is 5.02 Å². The Labute approximate surface area is 112 Å². The second-order valence-corrected chi connectivity index (χ2v) is 5.06. The summed E-state index contributed by atoms with van der Waals surface area (Å²) >= 11 is 12.7. The molecule has 0 spiro atoms. The van der Waals surface area contributed by atoms with E-state index in [1.165, 1.54) is 0 Å². The number of alkyl halides is 2. The molecule has 4 heteroatoms. The standard InChI is InChI=1S/C11H13Br2ClO/c12-6-2-5-11(8-13)15-10-4-1-3-9(14)7-10/h1,3-4,7,11H,2,5-6,8H2/t11-/m1/s1. The first-order chi connectivity index (χ1) is 7.26. The molecule has 1 atom stereocenters. The second-order valence-electron chi connectivity index (χ2n) is 3.18. The molecule has 0 aliphatic heterocycles. The minimum absolute atomic E-state index is 0.209. The van der Waals surface area contributed by atoms with Gasteiger partial charge in [0.1, 0.15) is 11.9 Å². The first-order valence-corrected chi connectivity index (χ1v) is 7.42. The fourth-order valence-electron chi connectivity index (χ4n) is 1.21. The highest BCUT2D eigenvalue weighted by Crippen LogP contribution is 2.20. The Bertz CT molecular complexity index is 294. The fraction of sp³-hybridized carbons (Fsp3) is 0.455. The van der Waals surface area contributed by atoms with Gasteiger partial charge >= 0.3 is 0 Å². The quantitative estimate of drug-likeness (QED) is 0.674. The van der Waals surface area contributed by atoms with Gasteiger partial charge in [-0.3, -0.25) is 0 Å². The summed E-state index contributed by atoms with van der Waals surface area (Å²) in [7, 11) is 0. The van der Waals surface area contributed by atoms with Gasteiger partial charge in [-0.1, -0.05) is 49.5 Å². The van der Waals surface area contributed by atoms with Gasteiger partial charge in [0.05, 0.1) is 0 Å². The zero-order valence-corrected chi connectivity index (χ0v) is 12.2. The smallest absolute Gasteiger partial charge is 0.121 e. The highest BCUT2D eigenvalue weighted by molar-refractivity contribution is 9.09. The molecule has 0 fully saturated rings. The number of hydrogen-bond donors (Lipinski definition) is 0. The maximum Gasteiger partial charge on any atom is 0.121 e. The maximum absolute atomic E-state index is 5.88. The molecule has 0 unspecified atom stereocenters. The van der Waals surface area contributed by atoms with Crippen LogP contribution in [0.25, 0.3) is 0 Å². The molecule has 1 aromatic rings. The van der Waals surface area contributed by atoms with Crippen LogP contribution in [0.3, 0.4) is 0 Å². The van der Waals surface area contributed by atoms with Crippen LogP contribution in [0.4, 0.5) is 0 Å². The van der Waals surface area contributed by atoms with E-state index in [1.54, 1.807) is 0 Å². The van der Waals surface area contributed by atoms with Gasteiger partial charge in [0.25, 0.3) is 0 Å². The van der Waals surface area contributed by atoms with Crippen LogP contribution in [0.15, 0.2) is 24.3 Å². The van der Waals surface area contributed by atoms with Crippen LogP contribution in [0, 0.1) is 0 Å². The minimum atomic E-state index is 0.209. The molecule has 0 amide bonds. The zero-order valence-electron chi connectivity index (χ0n) is 8.26. The largest absolute Gasteiger partial charge is 0.490 e. The van der Waals surface area contributed by atoms with Crippen molar-refractivity contribution in [3.05, 3.63) is 29.3 Å². The van der Waals surface area contributed by atoms with Gasteiger partial charge in [0.2, 0.25) is 0 Å². The molecule has 0 aliphatic carbocycles. The van der Waals surface area contributed by atoms with Crippen molar-refractivity contribution in [2.75, 3.05) is 10.7 Å². The predicted octanol–water partition coefficient (Wildman–Crippen LogP) is 4.66. The molecule has 0 aliphatic rings. The Hall–Kier alpha value is 0.270. The summed E-state index contributed by atoms with van der Waals surface area (Å²) in [4.78, 5) is 0. The molecular weight excluding hydrogens is 343 g/mol. The van der Waals surface area contributed by atoms with Crippen molar-refractivity contribution in [2.24, 2.45) is 0 Å². The third-order valence-electron chi connectivity index (χ3n) is 1.93. The lowest BCUT2D eigenvalue weighted by atomic mass is 10.2. The van der Waals surface area contributed by atoms with Crippen molar-refractivity contribution in [3.63, 3.8) is 0 Å². The highest BCUT2D eigenvalue weighted by atomic mass is 79.9. The van der Waals surface area contributed by atoms with E-state index in [2.05, 4.69) is 31.9 Å². The van der Waals surface area contributed by atoms with Gasteiger partial charge in [-0.15, -0.1) is 0 Å². The summed E-state index contributed by atoms with van der Waals surface area (Å²) in [5.74, 6) is 0.835.